The Morgan fingerprint density at radius 3 is 2.30 bits per heavy atom. The Kier molecular flexibility index (Phi) is 5.41. The zero-order chi connectivity index (χ0) is 19.6. The number of carbonyl (C=O) groups is 1. The Morgan fingerprint density at radius 2 is 1.70 bits per heavy atom. The first-order valence-electron chi connectivity index (χ1n) is 9.95. The van der Waals surface area contributed by atoms with Crippen LogP contribution >= 0.6 is 0 Å². The molecule has 0 saturated heterocycles. The van der Waals surface area contributed by atoms with Crippen molar-refractivity contribution < 1.29 is 4.79 Å². The lowest BCUT2D eigenvalue weighted by Gasteiger charge is -2.43. The number of hydrogen-bond acceptors (Lipinski definition) is 1. The predicted molar refractivity (Wildman–Crippen MR) is 115 cm³/mol. The van der Waals surface area contributed by atoms with E-state index >= 15 is 0 Å². The third kappa shape index (κ3) is 3.16. The second kappa shape index (κ2) is 7.59. The van der Waals surface area contributed by atoms with Crippen molar-refractivity contribution in [1.82, 2.24) is 4.98 Å². The molecule has 0 unspecified atom stereocenters. The summed E-state index contributed by atoms with van der Waals surface area (Å²) in [5.74, 6) is 0.198. The largest absolute Gasteiger partial charge is 0.358 e. The number of likely N-dealkylation sites (N-methyl/N-ethyl adjacent to an activating group) is 1. The Morgan fingerprint density at radius 1 is 1.04 bits per heavy atom. The van der Waals surface area contributed by atoms with Crippen molar-refractivity contribution in [2.75, 3.05) is 11.9 Å². The van der Waals surface area contributed by atoms with E-state index in [4.69, 9.17) is 0 Å². The fraction of sp³-hybridized carbons (Fsp3) is 0.375. The number of hydrogen-bond donors (Lipinski definition) is 1. The Hall–Kier alpha value is -2.55. The molecule has 0 bridgehead atoms. The van der Waals surface area contributed by atoms with Gasteiger partial charge in [0.15, 0.2) is 0 Å². The zero-order valence-corrected chi connectivity index (χ0v) is 17.1. The lowest BCUT2D eigenvalue weighted by atomic mass is 9.63. The molecule has 1 heterocycles. The fourth-order valence-electron chi connectivity index (χ4n) is 4.02. The van der Waals surface area contributed by atoms with Crippen LogP contribution in [0.5, 0.6) is 0 Å². The van der Waals surface area contributed by atoms with Gasteiger partial charge in [0, 0.05) is 29.3 Å². The molecule has 1 amide bonds. The summed E-state index contributed by atoms with van der Waals surface area (Å²) in [6.07, 6.45) is 2.98. The molecule has 1 saturated carbocycles. The van der Waals surface area contributed by atoms with Crippen LogP contribution in [0.25, 0.3) is 10.9 Å². The van der Waals surface area contributed by atoms with Crippen LogP contribution in [0.1, 0.15) is 49.9 Å². The van der Waals surface area contributed by atoms with Crippen LogP contribution in [-0.4, -0.2) is 17.9 Å². The van der Waals surface area contributed by atoms with Gasteiger partial charge in [0.05, 0.1) is 5.41 Å². The number of anilines is 1. The smallest absolute Gasteiger partial charge is 0.237 e. The van der Waals surface area contributed by atoms with Gasteiger partial charge in [0.25, 0.3) is 0 Å². The third-order valence-corrected chi connectivity index (χ3v) is 5.93. The highest BCUT2D eigenvalue weighted by atomic mass is 16.2. The van der Waals surface area contributed by atoms with E-state index in [2.05, 4.69) is 49.2 Å². The van der Waals surface area contributed by atoms with E-state index in [9.17, 15) is 4.79 Å². The molecule has 1 N–H and O–H groups in total. The summed E-state index contributed by atoms with van der Waals surface area (Å²) in [5.41, 5.74) is 5.28. The molecule has 4 rings (SSSR count). The van der Waals surface area contributed by atoms with E-state index < -0.39 is 0 Å². The summed E-state index contributed by atoms with van der Waals surface area (Å²) < 4.78 is 0. The van der Waals surface area contributed by atoms with Gasteiger partial charge in [-0.05, 0) is 49.9 Å². The molecule has 2 aromatic carbocycles. The number of benzene rings is 2. The van der Waals surface area contributed by atoms with Crippen LogP contribution in [-0.2, 0) is 10.2 Å². The molecule has 0 spiro atoms. The molecule has 142 valence electrons. The first-order chi connectivity index (χ1) is 13.0. The van der Waals surface area contributed by atoms with Crippen molar-refractivity contribution in [3.05, 3.63) is 65.4 Å². The molecule has 1 fully saturated rings. The molecule has 3 heteroatoms. The first-order valence-corrected chi connectivity index (χ1v) is 9.95. The summed E-state index contributed by atoms with van der Waals surface area (Å²) in [5, 5.41) is 1.23. The Labute approximate surface area is 162 Å². The summed E-state index contributed by atoms with van der Waals surface area (Å²) in [7, 11) is 1.90. The molecule has 1 aromatic heterocycles. The standard InChI is InChI=1S/C22H24N2O.C2H6/c1-15-16(2)23-20-14-18(10-11-19(15)20)24(3)21(25)22(12-7-13-22)17-8-5-4-6-9-17;1-2/h4-6,8-11,14,23H,7,12-13H2,1-3H3;1-2H3. The summed E-state index contributed by atoms with van der Waals surface area (Å²) in [6.45, 7) is 8.21. The first kappa shape index (κ1) is 19.2. The number of aromatic amines is 1. The molecule has 3 nitrogen and oxygen atoms in total. The maximum atomic E-state index is 13.4. The Bertz CT molecular complexity index is 936. The summed E-state index contributed by atoms with van der Waals surface area (Å²) in [6, 6.07) is 16.5. The number of nitrogens with one attached hydrogen (secondary N) is 1. The van der Waals surface area contributed by atoms with Gasteiger partial charge in [-0.3, -0.25) is 4.79 Å². The van der Waals surface area contributed by atoms with Gasteiger partial charge in [0.1, 0.15) is 0 Å². The molecule has 1 aliphatic carbocycles. The minimum absolute atomic E-state index is 0.198. The van der Waals surface area contributed by atoms with E-state index in [1.807, 2.05) is 44.0 Å². The quantitative estimate of drug-likeness (QED) is 0.619. The van der Waals surface area contributed by atoms with Crippen molar-refractivity contribution >= 4 is 22.5 Å². The number of rotatable bonds is 3. The van der Waals surface area contributed by atoms with Crippen LogP contribution in [0.3, 0.4) is 0 Å². The van der Waals surface area contributed by atoms with E-state index in [1.165, 1.54) is 16.6 Å². The van der Waals surface area contributed by atoms with Gasteiger partial charge in [-0.1, -0.05) is 56.7 Å². The minimum atomic E-state index is -0.355. The van der Waals surface area contributed by atoms with Crippen molar-refractivity contribution in [2.24, 2.45) is 0 Å². The number of H-pyrrole nitrogens is 1. The van der Waals surface area contributed by atoms with Crippen molar-refractivity contribution in [2.45, 2.75) is 52.4 Å². The molecule has 3 aromatic rings. The predicted octanol–water partition coefficient (Wildman–Crippen LogP) is 5.90. The zero-order valence-electron chi connectivity index (χ0n) is 17.1. The van der Waals surface area contributed by atoms with Crippen LogP contribution < -0.4 is 4.90 Å². The topological polar surface area (TPSA) is 36.1 Å². The lowest BCUT2D eigenvalue weighted by Crippen LogP contribution is -2.50. The maximum Gasteiger partial charge on any atom is 0.237 e. The van der Waals surface area contributed by atoms with Gasteiger partial charge in [0.2, 0.25) is 5.91 Å². The van der Waals surface area contributed by atoms with Gasteiger partial charge >= 0.3 is 0 Å². The number of aromatic nitrogens is 1. The van der Waals surface area contributed by atoms with Crippen LogP contribution in [0.2, 0.25) is 0 Å². The summed E-state index contributed by atoms with van der Waals surface area (Å²) >= 11 is 0. The highest BCUT2D eigenvalue weighted by Gasteiger charge is 2.47. The van der Waals surface area contributed by atoms with Gasteiger partial charge in [-0.15, -0.1) is 0 Å². The van der Waals surface area contributed by atoms with E-state index in [0.29, 0.717) is 0 Å². The van der Waals surface area contributed by atoms with Crippen LogP contribution in [0.15, 0.2) is 48.5 Å². The normalized spacial score (nSPS) is 14.9. The SMILES string of the molecule is CC.Cc1[nH]c2cc(N(C)C(=O)C3(c4ccccc4)CCC3)ccc2c1C. The molecular formula is C24H30N2O. The van der Waals surface area contributed by atoms with Crippen molar-refractivity contribution in [3.8, 4) is 0 Å². The Balaban J connectivity index is 0.00000102. The average Bonchev–Trinajstić information content (AvgIpc) is 2.96. The number of amides is 1. The number of aryl methyl sites for hydroxylation is 2. The van der Waals surface area contributed by atoms with Gasteiger partial charge < -0.3 is 9.88 Å². The van der Waals surface area contributed by atoms with E-state index in [1.54, 1.807) is 0 Å². The third-order valence-electron chi connectivity index (χ3n) is 5.93. The minimum Gasteiger partial charge on any atom is -0.358 e. The van der Waals surface area contributed by atoms with Crippen LogP contribution in [0, 0.1) is 13.8 Å². The maximum absolute atomic E-state index is 13.4. The molecule has 0 radical (unpaired) electrons. The molecule has 0 atom stereocenters. The second-order valence-corrected chi connectivity index (χ2v) is 7.27. The fourth-order valence-corrected chi connectivity index (χ4v) is 4.02. The number of nitrogens with zero attached hydrogens (tertiary/aromatic N) is 1. The van der Waals surface area contributed by atoms with Crippen molar-refractivity contribution in [3.63, 3.8) is 0 Å². The van der Waals surface area contributed by atoms with Gasteiger partial charge in [-0.2, -0.15) is 0 Å². The van der Waals surface area contributed by atoms with Gasteiger partial charge in [-0.25, -0.2) is 0 Å². The van der Waals surface area contributed by atoms with E-state index in [0.717, 1.165) is 36.0 Å². The second-order valence-electron chi connectivity index (χ2n) is 7.27. The summed E-state index contributed by atoms with van der Waals surface area (Å²) in [4.78, 5) is 18.6. The molecule has 1 aliphatic rings. The number of carbonyl (C=O) groups excluding carboxylic acids is 1. The molecular weight excluding hydrogens is 332 g/mol. The lowest BCUT2D eigenvalue weighted by molar-refractivity contribution is -0.126. The average molecular weight is 363 g/mol. The van der Waals surface area contributed by atoms with Crippen molar-refractivity contribution in [1.29, 1.82) is 0 Å². The number of fused-ring (bicyclic) bond motifs is 1. The molecule has 0 aliphatic heterocycles. The monoisotopic (exact) mass is 362 g/mol. The highest BCUT2D eigenvalue weighted by molar-refractivity contribution is 6.02. The molecule has 27 heavy (non-hydrogen) atoms. The van der Waals surface area contributed by atoms with E-state index in [-0.39, 0.29) is 11.3 Å². The highest BCUT2D eigenvalue weighted by Crippen LogP contribution is 2.45. The van der Waals surface area contributed by atoms with Crippen LogP contribution in [0.4, 0.5) is 5.69 Å².